The van der Waals surface area contributed by atoms with Crippen LogP contribution in [0.25, 0.3) is 39.5 Å². The first-order valence-electron chi connectivity index (χ1n) is 11.5. The average Bonchev–Trinajstić information content (AvgIpc) is 3.22. The normalized spacial score (nSPS) is 14.8. The van der Waals surface area contributed by atoms with E-state index in [9.17, 15) is 0 Å². The van der Waals surface area contributed by atoms with Crippen LogP contribution >= 0.6 is 0 Å². The molecule has 0 radical (unpaired) electrons. The van der Waals surface area contributed by atoms with Gasteiger partial charge in [0.15, 0.2) is 0 Å². The topological polar surface area (TPSA) is 56.2 Å². The number of aromatic nitrogens is 3. The first-order chi connectivity index (χ1) is 16.1. The summed E-state index contributed by atoms with van der Waals surface area (Å²) in [7, 11) is 0. The molecule has 6 rings (SSSR count). The summed E-state index contributed by atoms with van der Waals surface area (Å²) in [4.78, 5) is 9.97. The molecule has 4 heteroatoms. The van der Waals surface area contributed by atoms with E-state index in [0.717, 1.165) is 46.6 Å². The predicted octanol–water partition coefficient (Wildman–Crippen LogP) is 6.38. The fourth-order valence-corrected chi connectivity index (χ4v) is 4.82. The van der Waals surface area contributed by atoms with Gasteiger partial charge in [-0.2, -0.15) is 0 Å². The second-order valence-corrected chi connectivity index (χ2v) is 9.06. The Hall–Kier alpha value is -3.76. The molecule has 0 amide bonds. The highest BCUT2D eigenvalue weighted by molar-refractivity contribution is 5.82. The molecule has 1 aliphatic carbocycles. The van der Waals surface area contributed by atoms with E-state index in [4.69, 9.17) is 15.7 Å². The van der Waals surface area contributed by atoms with Gasteiger partial charge >= 0.3 is 0 Å². The van der Waals surface area contributed by atoms with Crippen molar-refractivity contribution >= 4 is 5.78 Å². The summed E-state index contributed by atoms with van der Waals surface area (Å²) in [5.74, 6) is 0.697. The van der Waals surface area contributed by atoms with Crippen molar-refractivity contribution in [2.45, 2.75) is 31.7 Å². The van der Waals surface area contributed by atoms with Gasteiger partial charge in [0.05, 0.1) is 17.1 Å². The molecule has 2 heterocycles. The molecule has 1 saturated carbocycles. The Morgan fingerprint density at radius 3 is 2.21 bits per heavy atom. The molecule has 0 saturated heterocycles. The zero-order chi connectivity index (χ0) is 22.4. The minimum Gasteiger partial charge on any atom is -0.321 e. The van der Waals surface area contributed by atoms with Gasteiger partial charge < -0.3 is 5.73 Å². The first-order valence-corrected chi connectivity index (χ1v) is 11.5. The maximum atomic E-state index is 6.55. The van der Waals surface area contributed by atoms with Crippen LogP contribution in [0.3, 0.4) is 0 Å². The summed E-state index contributed by atoms with van der Waals surface area (Å²) in [6.45, 7) is 2.11. The molecule has 5 aromatic rings. The number of nitrogens with two attached hydrogens (primary N) is 1. The van der Waals surface area contributed by atoms with Gasteiger partial charge in [0, 0.05) is 28.4 Å². The molecule has 162 valence electrons. The van der Waals surface area contributed by atoms with E-state index in [2.05, 4.69) is 96.4 Å². The van der Waals surface area contributed by atoms with Gasteiger partial charge in [-0.1, -0.05) is 78.9 Å². The predicted molar refractivity (Wildman–Crippen MR) is 134 cm³/mol. The number of hydrogen-bond donors (Lipinski definition) is 1. The van der Waals surface area contributed by atoms with Crippen molar-refractivity contribution in [2.24, 2.45) is 5.73 Å². The van der Waals surface area contributed by atoms with E-state index in [1.54, 1.807) is 0 Å². The molecule has 0 spiro atoms. The van der Waals surface area contributed by atoms with E-state index in [1.165, 1.54) is 17.5 Å². The summed E-state index contributed by atoms with van der Waals surface area (Å²) in [5.41, 5.74) is 15.0. The zero-order valence-corrected chi connectivity index (χ0v) is 18.7. The Morgan fingerprint density at radius 1 is 0.788 bits per heavy atom. The van der Waals surface area contributed by atoms with Crippen molar-refractivity contribution in [3.8, 4) is 33.8 Å². The van der Waals surface area contributed by atoms with Gasteiger partial charge in [-0.05, 0) is 43.4 Å². The van der Waals surface area contributed by atoms with Gasteiger partial charge in [0.2, 0.25) is 5.78 Å². The van der Waals surface area contributed by atoms with Crippen molar-refractivity contribution in [2.75, 3.05) is 0 Å². The standard InChI is InChI=1S/C29H26N4/c1-20-8-5-6-11-24(20)25-16-19-33-27(22-9-3-2-4-10-22)26(32-28(33)31-25)21-12-14-23(15-13-21)29(30)17-7-18-29/h2-6,8-16,19H,7,17-18,30H2,1H3. The van der Waals surface area contributed by atoms with Crippen LogP contribution in [0.2, 0.25) is 0 Å². The fraction of sp³-hybridized carbons (Fsp3) is 0.172. The van der Waals surface area contributed by atoms with E-state index >= 15 is 0 Å². The number of aryl methyl sites for hydroxylation is 1. The van der Waals surface area contributed by atoms with E-state index in [1.807, 2.05) is 6.07 Å². The van der Waals surface area contributed by atoms with Crippen LogP contribution in [-0.4, -0.2) is 14.4 Å². The number of rotatable bonds is 4. The first kappa shape index (κ1) is 19.9. The molecule has 3 aromatic carbocycles. The lowest BCUT2D eigenvalue weighted by molar-refractivity contribution is 0.253. The number of fused-ring (bicyclic) bond motifs is 1. The van der Waals surface area contributed by atoms with E-state index < -0.39 is 0 Å². The molecule has 1 fully saturated rings. The SMILES string of the molecule is Cc1ccccc1-c1ccn2c(-c3ccccc3)c(-c3ccc(C4(N)CCC4)cc3)nc2n1. The van der Waals surface area contributed by atoms with Crippen molar-refractivity contribution < 1.29 is 0 Å². The lowest BCUT2D eigenvalue weighted by Crippen LogP contribution is -2.43. The highest BCUT2D eigenvalue weighted by atomic mass is 15.1. The molecule has 33 heavy (non-hydrogen) atoms. The van der Waals surface area contributed by atoms with Crippen LogP contribution in [0.5, 0.6) is 0 Å². The summed E-state index contributed by atoms with van der Waals surface area (Å²) >= 11 is 0. The molecule has 0 aliphatic heterocycles. The highest BCUT2D eigenvalue weighted by Crippen LogP contribution is 2.40. The minimum atomic E-state index is -0.163. The van der Waals surface area contributed by atoms with Gasteiger partial charge in [0.25, 0.3) is 0 Å². The van der Waals surface area contributed by atoms with Gasteiger partial charge in [-0.3, -0.25) is 4.40 Å². The van der Waals surface area contributed by atoms with Crippen molar-refractivity contribution in [1.82, 2.24) is 14.4 Å². The molecule has 0 atom stereocenters. The number of nitrogens with zero attached hydrogens (tertiary/aromatic N) is 3. The van der Waals surface area contributed by atoms with Crippen molar-refractivity contribution in [3.05, 3.63) is 102 Å². The van der Waals surface area contributed by atoms with Crippen LogP contribution in [-0.2, 0) is 5.54 Å². The van der Waals surface area contributed by atoms with Crippen LogP contribution in [0.15, 0.2) is 91.1 Å². The number of benzene rings is 3. The lowest BCUT2D eigenvalue weighted by atomic mass is 9.72. The quantitative estimate of drug-likeness (QED) is 0.360. The second kappa shape index (κ2) is 7.68. The molecule has 0 unspecified atom stereocenters. The summed E-state index contributed by atoms with van der Waals surface area (Å²) in [5, 5.41) is 0. The van der Waals surface area contributed by atoms with Crippen LogP contribution in [0.1, 0.15) is 30.4 Å². The van der Waals surface area contributed by atoms with Gasteiger partial charge in [-0.15, -0.1) is 0 Å². The highest BCUT2D eigenvalue weighted by Gasteiger charge is 2.34. The Balaban J connectivity index is 1.52. The smallest absolute Gasteiger partial charge is 0.235 e. The van der Waals surface area contributed by atoms with E-state index in [0.29, 0.717) is 5.78 Å². The molecular weight excluding hydrogens is 404 g/mol. The Morgan fingerprint density at radius 2 is 1.52 bits per heavy atom. The third-order valence-electron chi connectivity index (χ3n) is 6.94. The minimum absolute atomic E-state index is 0.163. The third kappa shape index (κ3) is 3.35. The Kier molecular flexibility index (Phi) is 4.63. The maximum absolute atomic E-state index is 6.55. The lowest BCUT2D eigenvalue weighted by Gasteiger charge is -2.38. The van der Waals surface area contributed by atoms with Crippen LogP contribution in [0, 0.1) is 6.92 Å². The number of imidazole rings is 1. The van der Waals surface area contributed by atoms with Crippen LogP contribution in [0.4, 0.5) is 0 Å². The number of hydrogen-bond acceptors (Lipinski definition) is 3. The summed E-state index contributed by atoms with van der Waals surface area (Å²) < 4.78 is 2.09. The molecule has 4 nitrogen and oxygen atoms in total. The Labute approximate surface area is 193 Å². The second-order valence-electron chi connectivity index (χ2n) is 9.06. The van der Waals surface area contributed by atoms with Gasteiger partial charge in [-0.25, -0.2) is 9.97 Å². The molecular formula is C29H26N4. The van der Waals surface area contributed by atoms with Crippen molar-refractivity contribution in [3.63, 3.8) is 0 Å². The molecule has 2 N–H and O–H groups in total. The van der Waals surface area contributed by atoms with Crippen molar-refractivity contribution in [1.29, 1.82) is 0 Å². The average molecular weight is 431 g/mol. The van der Waals surface area contributed by atoms with E-state index in [-0.39, 0.29) is 5.54 Å². The summed E-state index contributed by atoms with van der Waals surface area (Å²) in [6, 6.07) is 29.4. The molecule has 1 aliphatic rings. The maximum Gasteiger partial charge on any atom is 0.235 e. The molecule has 2 aromatic heterocycles. The van der Waals surface area contributed by atoms with Crippen LogP contribution < -0.4 is 5.73 Å². The van der Waals surface area contributed by atoms with Gasteiger partial charge in [0.1, 0.15) is 0 Å². The third-order valence-corrected chi connectivity index (χ3v) is 6.94. The Bertz CT molecular complexity index is 1440. The monoisotopic (exact) mass is 430 g/mol. The largest absolute Gasteiger partial charge is 0.321 e. The summed E-state index contributed by atoms with van der Waals surface area (Å²) in [6.07, 6.45) is 5.40. The molecule has 0 bridgehead atoms. The zero-order valence-electron chi connectivity index (χ0n) is 18.7. The fourth-order valence-electron chi connectivity index (χ4n) is 4.82.